The van der Waals surface area contributed by atoms with Gasteiger partial charge in [-0.15, -0.1) is 0 Å². The molecule has 0 fully saturated rings. The van der Waals surface area contributed by atoms with Gasteiger partial charge in [0.25, 0.3) is 0 Å². The molecule has 0 spiro atoms. The van der Waals surface area contributed by atoms with E-state index in [2.05, 4.69) is 0 Å². The molecular formula is C18H14N2O2S2. The number of hydrogen-bond donors (Lipinski definition) is 1. The predicted octanol–water partition coefficient (Wildman–Crippen LogP) is 4.59. The number of aliphatic hydroxyl groups excluding tert-OH is 1. The van der Waals surface area contributed by atoms with Crippen LogP contribution in [0.3, 0.4) is 0 Å². The second-order valence-corrected chi connectivity index (χ2v) is 7.12. The molecule has 4 rings (SSSR count). The maximum atomic E-state index is 9.51. The molecular weight excluding hydrogens is 340 g/mol. The first-order valence-electron chi connectivity index (χ1n) is 7.40. The number of ether oxygens (including phenoxy) is 1. The fourth-order valence-corrected chi connectivity index (χ4v) is 4.69. The molecule has 120 valence electrons. The summed E-state index contributed by atoms with van der Waals surface area (Å²) in [5.41, 5.74) is 2.82. The van der Waals surface area contributed by atoms with Crippen LogP contribution in [0.1, 0.15) is 5.56 Å². The fraction of sp³-hybridized carbons (Fsp3) is 0.111. The van der Waals surface area contributed by atoms with Crippen molar-refractivity contribution in [2.45, 2.75) is 6.61 Å². The maximum absolute atomic E-state index is 9.51. The molecule has 6 heteroatoms. The third-order valence-corrected chi connectivity index (χ3v) is 5.83. The smallest absolute Gasteiger partial charge is 0.155 e. The molecule has 0 radical (unpaired) electrons. The first-order chi connectivity index (χ1) is 11.8. The van der Waals surface area contributed by atoms with Crippen molar-refractivity contribution < 1.29 is 9.84 Å². The normalized spacial score (nSPS) is 11.1. The topological polar surface area (TPSA) is 55.2 Å². The van der Waals surface area contributed by atoms with E-state index in [0.717, 1.165) is 42.1 Å². The maximum Gasteiger partial charge on any atom is 0.155 e. The third-order valence-electron chi connectivity index (χ3n) is 3.73. The molecule has 0 unspecified atom stereocenters. The van der Waals surface area contributed by atoms with Crippen LogP contribution in [-0.2, 0) is 6.61 Å². The summed E-state index contributed by atoms with van der Waals surface area (Å²) in [6, 6.07) is 15.6. The Morgan fingerprint density at radius 3 is 2.12 bits per heavy atom. The Kier molecular flexibility index (Phi) is 4.02. The number of nitrogens with zero attached hydrogens (tertiary/aromatic N) is 2. The van der Waals surface area contributed by atoms with Gasteiger partial charge in [-0.05, 0) is 17.7 Å². The zero-order valence-corrected chi connectivity index (χ0v) is 14.5. The van der Waals surface area contributed by atoms with Gasteiger partial charge in [-0.25, -0.2) is 9.97 Å². The van der Waals surface area contributed by atoms with Crippen LogP contribution in [0.25, 0.3) is 30.8 Å². The van der Waals surface area contributed by atoms with Gasteiger partial charge >= 0.3 is 0 Å². The molecule has 0 bridgehead atoms. The van der Waals surface area contributed by atoms with Crippen LogP contribution in [0.5, 0.6) is 5.75 Å². The first-order valence-corrected chi connectivity index (χ1v) is 9.03. The second kappa shape index (κ2) is 6.32. The van der Waals surface area contributed by atoms with Crippen LogP contribution in [0.2, 0.25) is 0 Å². The highest BCUT2D eigenvalue weighted by atomic mass is 32.1. The summed E-state index contributed by atoms with van der Waals surface area (Å²) in [5, 5.41) is 11.3. The molecule has 1 N–H and O–H groups in total. The van der Waals surface area contributed by atoms with E-state index in [4.69, 9.17) is 14.7 Å². The molecule has 0 aliphatic carbocycles. The lowest BCUT2D eigenvalue weighted by atomic mass is 10.1. The van der Waals surface area contributed by atoms with Crippen molar-refractivity contribution in [3.05, 3.63) is 54.1 Å². The molecule has 0 saturated heterocycles. The van der Waals surface area contributed by atoms with Gasteiger partial charge in [-0.1, -0.05) is 59.1 Å². The second-order valence-electron chi connectivity index (χ2n) is 5.16. The van der Waals surface area contributed by atoms with E-state index in [-0.39, 0.29) is 6.61 Å². The molecule has 2 aromatic heterocycles. The Bertz CT molecular complexity index is 899. The molecule has 2 heterocycles. The van der Waals surface area contributed by atoms with Crippen LogP contribution >= 0.6 is 22.7 Å². The minimum Gasteiger partial charge on any atom is -0.496 e. The van der Waals surface area contributed by atoms with Gasteiger partial charge in [0, 0.05) is 5.56 Å². The van der Waals surface area contributed by atoms with Gasteiger partial charge in [0.1, 0.15) is 15.8 Å². The SMILES string of the molecule is COc1ccccc1-c1nc2sc(-c3ccccc3CO)nc2s1. The average molecular weight is 354 g/mol. The van der Waals surface area contributed by atoms with Crippen molar-refractivity contribution in [3.8, 4) is 26.9 Å². The summed E-state index contributed by atoms with van der Waals surface area (Å²) in [6.45, 7) is 0.00327. The molecule has 0 saturated carbocycles. The summed E-state index contributed by atoms with van der Waals surface area (Å²) in [4.78, 5) is 11.3. The number of benzene rings is 2. The lowest BCUT2D eigenvalue weighted by Crippen LogP contribution is -1.87. The summed E-state index contributed by atoms with van der Waals surface area (Å²) >= 11 is 3.10. The van der Waals surface area contributed by atoms with Crippen LogP contribution in [0, 0.1) is 0 Å². The Morgan fingerprint density at radius 2 is 1.46 bits per heavy atom. The standard InChI is InChI=1S/C18H14N2O2S2/c1-22-14-9-5-4-8-13(14)16-20-18-17(24-16)19-15(23-18)12-7-3-2-6-11(12)10-21/h2-9,21H,10H2,1H3. The van der Waals surface area contributed by atoms with E-state index >= 15 is 0 Å². The van der Waals surface area contributed by atoms with Gasteiger partial charge in [0.15, 0.2) is 9.66 Å². The quantitative estimate of drug-likeness (QED) is 0.582. The minimum absolute atomic E-state index is 0.00327. The van der Waals surface area contributed by atoms with Crippen LogP contribution in [0.15, 0.2) is 48.5 Å². The fourth-order valence-electron chi connectivity index (χ4n) is 2.56. The highest BCUT2D eigenvalue weighted by molar-refractivity contribution is 7.29. The van der Waals surface area contributed by atoms with Crippen molar-refractivity contribution in [3.63, 3.8) is 0 Å². The minimum atomic E-state index is 0.00327. The van der Waals surface area contributed by atoms with E-state index in [1.54, 1.807) is 29.8 Å². The number of aromatic nitrogens is 2. The third kappa shape index (κ3) is 2.58. The van der Waals surface area contributed by atoms with Crippen molar-refractivity contribution in [2.24, 2.45) is 0 Å². The highest BCUT2D eigenvalue weighted by Crippen LogP contribution is 2.39. The summed E-state index contributed by atoms with van der Waals surface area (Å²) in [6.07, 6.45) is 0. The van der Waals surface area contributed by atoms with E-state index in [0.29, 0.717) is 0 Å². The molecule has 0 amide bonds. The van der Waals surface area contributed by atoms with Crippen LogP contribution in [0.4, 0.5) is 0 Å². The summed E-state index contributed by atoms with van der Waals surface area (Å²) < 4.78 is 5.42. The Morgan fingerprint density at radius 1 is 0.875 bits per heavy atom. The van der Waals surface area contributed by atoms with Gasteiger partial charge < -0.3 is 9.84 Å². The van der Waals surface area contributed by atoms with Gasteiger partial charge in [-0.3, -0.25) is 0 Å². The molecule has 4 nitrogen and oxygen atoms in total. The molecule has 0 aliphatic rings. The summed E-state index contributed by atoms with van der Waals surface area (Å²) in [7, 11) is 1.66. The molecule has 24 heavy (non-hydrogen) atoms. The first kappa shape index (κ1) is 15.3. The monoisotopic (exact) mass is 354 g/mol. The van der Waals surface area contributed by atoms with Crippen molar-refractivity contribution >= 4 is 32.3 Å². The van der Waals surface area contributed by atoms with Gasteiger partial charge in [-0.2, -0.15) is 0 Å². The van der Waals surface area contributed by atoms with E-state index < -0.39 is 0 Å². The van der Waals surface area contributed by atoms with E-state index in [1.807, 2.05) is 48.5 Å². The lowest BCUT2D eigenvalue weighted by Gasteiger charge is -2.04. The van der Waals surface area contributed by atoms with Crippen LogP contribution in [-0.4, -0.2) is 22.2 Å². The number of rotatable bonds is 4. The number of methoxy groups -OCH3 is 1. The molecule has 4 aromatic rings. The highest BCUT2D eigenvalue weighted by Gasteiger charge is 2.16. The van der Waals surface area contributed by atoms with E-state index in [1.165, 1.54) is 0 Å². The summed E-state index contributed by atoms with van der Waals surface area (Å²) in [5.74, 6) is 0.810. The number of para-hydroxylation sites is 1. The zero-order chi connectivity index (χ0) is 16.5. The number of fused-ring (bicyclic) bond motifs is 1. The molecule has 0 atom stereocenters. The molecule has 2 aromatic carbocycles. The number of hydrogen-bond acceptors (Lipinski definition) is 6. The zero-order valence-electron chi connectivity index (χ0n) is 12.9. The van der Waals surface area contributed by atoms with Crippen molar-refractivity contribution in [1.82, 2.24) is 9.97 Å². The Labute approximate surface area is 147 Å². The van der Waals surface area contributed by atoms with Crippen molar-refractivity contribution in [1.29, 1.82) is 0 Å². The molecule has 0 aliphatic heterocycles. The van der Waals surface area contributed by atoms with E-state index in [9.17, 15) is 5.11 Å². The Balaban J connectivity index is 1.78. The van der Waals surface area contributed by atoms with Gasteiger partial charge in [0.05, 0.1) is 19.3 Å². The average Bonchev–Trinajstić information content (AvgIpc) is 3.20. The van der Waals surface area contributed by atoms with Crippen molar-refractivity contribution in [2.75, 3.05) is 7.11 Å². The lowest BCUT2D eigenvalue weighted by molar-refractivity contribution is 0.282. The number of aliphatic hydroxyl groups is 1. The largest absolute Gasteiger partial charge is 0.496 e. The van der Waals surface area contributed by atoms with Gasteiger partial charge in [0.2, 0.25) is 0 Å². The Hall–Kier alpha value is -2.28. The van der Waals surface area contributed by atoms with Crippen LogP contribution < -0.4 is 4.74 Å². The number of thiazole rings is 2. The predicted molar refractivity (Wildman–Crippen MR) is 98.6 cm³/mol.